The molecule has 0 aliphatic carbocycles. The minimum Gasteiger partial charge on any atom is -0.281 e. The van der Waals surface area contributed by atoms with Crippen LogP contribution in [0.3, 0.4) is 0 Å². The van der Waals surface area contributed by atoms with E-state index in [9.17, 15) is 8.42 Å². The highest BCUT2D eigenvalue weighted by atomic mass is 32.2. The number of hydrogen-bond acceptors (Lipinski definition) is 4. The number of hydrogen-bond donors (Lipinski definition) is 2. The van der Waals surface area contributed by atoms with E-state index in [1.807, 2.05) is 13.2 Å². The monoisotopic (exact) mass is 249 g/mol. The molecule has 86 valence electrons. The molecule has 1 atom stereocenters. The highest BCUT2D eigenvalue weighted by Gasteiger charge is 2.20. The zero-order valence-corrected chi connectivity index (χ0v) is 10.6. The van der Waals surface area contributed by atoms with Crippen LogP contribution in [0.1, 0.15) is 12.6 Å². The van der Waals surface area contributed by atoms with Gasteiger partial charge < -0.3 is 0 Å². The molecule has 5 nitrogen and oxygen atoms in total. The number of nitrogens with zero attached hydrogens (tertiary/aromatic N) is 1. The third-order valence-corrected chi connectivity index (χ3v) is 4.38. The van der Waals surface area contributed by atoms with E-state index in [1.165, 1.54) is 6.20 Å². The number of aryl methyl sites for hydroxylation is 1. The predicted octanol–water partition coefficient (Wildman–Crippen LogP) is 0.748. The topological polar surface area (TPSA) is 74.8 Å². The molecule has 0 aliphatic heterocycles. The molecule has 0 radical (unpaired) electrons. The Bertz CT molecular complexity index is 413. The van der Waals surface area contributed by atoms with Crippen molar-refractivity contribution in [3.63, 3.8) is 0 Å². The van der Waals surface area contributed by atoms with E-state index in [0.717, 1.165) is 5.75 Å². The van der Waals surface area contributed by atoms with Crippen LogP contribution in [0.25, 0.3) is 0 Å². The number of aromatic amines is 1. The summed E-state index contributed by atoms with van der Waals surface area (Å²) in [5.74, 6) is 0.746. The maximum absolute atomic E-state index is 11.8. The first kappa shape index (κ1) is 12.5. The van der Waals surface area contributed by atoms with Gasteiger partial charge in [-0.3, -0.25) is 5.10 Å². The zero-order valence-electron chi connectivity index (χ0n) is 8.94. The van der Waals surface area contributed by atoms with E-state index in [1.54, 1.807) is 18.7 Å². The van der Waals surface area contributed by atoms with Crippen LogP contribution >= 0.6 is 11.8 Å². The van der Waals surface area contributed by atoms with Crippen molar-refractivity contribution in [2.75, 3.05) is 12.0 Å². The fraction of sp³-hybridized carbons (Fsp3) is 0.625. The third-order valence-electron chi connectivity index (χ3n) is 1.85. The molecule has 0 aromatic carbocycles. The van der Waals surface area contributed by atoms with Crippen LogP contribution in [0.2, 0.25) is 0 Å². The van der Waals surface area contributed by atoms with Crippen LogP contribution in [-0.4, -0.2) is 36.7 Å². The van der Waals surface area contributed by atoms with E-state index < -0.39 is 10.0 Å². The van der Waals surface area contributed by atoms with Crippen molar-refractivity contribution in [1.29, 1.82) is 0 Å². The lowest BCUT2D eigenvalue weighted by Crippen LogP contribution is -2.34. The Labute approximate surface area is 94.1 Å². The summed E-state index contributed by atoms with van der Waals surface area (Å²) in [4.78, 5) is 0.218. The van der Waals surface area contributed by atoms with Crippen molar-refractivity contribution >= 4 is 21.8 Å². The van der Waals surface area contributed by atoms with Gasteiger partial charge in [-0.1, -0.05) is 0 Å². The van der Waals surface area contributed by atoms with E-state index >= 15 is 0 Å². The summed E-state index contributed by atoms with van der Waals surface area (Å²) in [5.41, 5.74) is 0.554. The normalized spacial score (nSPS) is 14.1. The number of sulfonamides is 1. The lowest BCUT2D eigenvalue weighted by molar-refractivity contribution is 0.570. The quantitative estimate of drug-likeness (QED) is 0.807. The van der Waals surface area contributed by atoms with Gasteiger partial charge in [0.05, 0.1) is 11.9 Å². The first-order valence-electron chi connectivity index (χ1n) is 4.48. The lowest BCUT2D eigenvalue weighted by atomic mass is 10.4. The van der Waals surface area contributed by atoms with Crippen LogP contribution in [0.4, 0.5) is 0 Å². The van der Waals surface area contributed by atoms with Gasteiger partial charge in [0, 0.05) is 11.8 Å². The molecule has 2 N–H and O–H groups in total. The summed E-state index contributed by atoms with van der Waals surface area (Å²) in [6, 6.07) is -0.0840. The van der Waals surface area contributed by atoms with Crippen molar-refractivity contribution in [3.05, 3.63) is 11.9 Å². The molecule has 1 rings (SSSR count). The average molecular weight is 249 g/mol. The molecule has 0 amide bonds. The van der Waals surface area contributed by atoms with Crippen LogP contribution in [0.15, 0.2) is 11.1 Å². The molecule has 0 bridgehead atoms. The summed E-state index contributed by atoms with van der Waals surface area (Å²) in [6.07, 6.45) is 3.26. The number of nitrogens with one attached hydrogen (secondary N) is 2. The molecule has 15 heavy (non-hydrogen) atoms. The van der Waals surface area contributed by atoms with Gasteiger partial charge in [-0.05, 0) is 20.1 Å². The summed E-state index contributed by atoms with van der Waals surface area (Å²) < 4.78 is 26.2. The van der Waals surface area contributed by atoms with Gasteiger partial charge in [0.25, 0.3) is 0 Å². The number of rotatable bonds is 5. The zero-order chi connectivity index (χ0) is 11.5. The molecule has 0 saturated carbocycles. The Morgan fingerprint density at radius 2 is 2.33 bits per heavy atom. The Morgan fingerprint density at radius 3 is 2.80 bits per heavy atom. The van der Waals surface area contributed by atoms with Gasteiger partial charge in [-0.25, -0.2) is 13.1 Å². The standard InChI is InChI=1S/C8H15N3O2S2/c1-6(5-14-3)11-15(12,13)8-4-9-10-7(8)2/h4,6,11H,5H2,1-3H3,(H,9,10). The van der Waals surface area contributed by atoms with Crippen molar-refractivity contribution in [3.8, 4) is 0 Å². The highest BCUT2D eigenvalue weighted by Crippen LogP contribution is 2.11. The van der Waals surface area contributed by atoms with Crippen LogP contribution in [0, 0.1) is 6.92 Å². The van der Waals surface area contributed by atoms with Crippen LogP contribution in [-0.2, 0) is 10.0 Å². The fourth-order valence-corrected chi connectivity index (χ4v) is 3.29. The van der Waals surface area contributed by atoms with Gasteiger partial charge >= 0.3 is 0 Å². The Balaban J connectivity index is 2.81. The molecule has 0 fully saturated rings. The van der Waals surface area contributed by atoms with E-state index in [0.29, 0.717) is 5.69 Å². The Hall–Kier alpha value is -0.530. The van der Waals surface area contributed by atoms with Crippen LogP contribution < -0.4 is 4.72 Å². The summed E-state index contributed by atoms with van der Waals surface area (Å²) >= 11 is 1.60. The number of H-pyrrole nitrogens is 1. The second-order valence-corrected chi connectivity index (χ2v) is 5.93. The lowest BCUT2D eigenvalue weighted by Gasteiger charge is -2.12. The molecule has 0 aliphatic rings. The minimum absolute atomic E-state index is 0.0840. The highest BCUT2D eigenvalue weighted by molar-refractivity contribution is 7.98. The molecule has 1 heterocycles. The first-order chi connectivity index (χ1) is 6.97. The smallest absolute Gasteiger partial charge is 0.244 e. The molecule has 1 unspecified atom stereocenters. The average Bonchev–Trinajstić information content (AvgIpc) is 2.51. The predicted molar refractivity (Wildman–Crippen MR) is 61.5 cm³/mol. The van der Waals surface area contributed by atoms with Crippen molar-refractivity contribution < 1.29 is 8.42 Å². The summed E-state index contributed by atoms with van der Waals surface area (Å²) in [5, 5.41) is 6.30. The third kappa shape index (κ3) is 3.22. The second-order valence-electron chi connectivity index (χ2n) is 3.34. The van der Waals surface area contributed by atoms with E-state index in [-0.39, 0.29) is 10.9 Å². The molecule has 0 saturated heterocycles. The van der Waals surface area contributed by atoms with Crippen LogP contribution in [0.5, 0.6) is 0 Å². The molecular formula is C8H15N3O2S2. The molecule has 1 aromatic heterocycles. The molecule has 1 aromatic rings. The first-order valence-corrected chi connectivity index (χ1v) is 7.36. The number of thioether (sulfide) groups is 1. The summed E-state index contributed by atoms with van der Waals surface area (Å²) in [6.45, 7) is 3.52. The van der Waals surface area contributed by atoms with Crippen molar-refractivity contribution in [2.24, 2.45) is 0 Å². The van der Waals surface area contributed by atoms with Crippen molar-refractivity contribution in [1.82, 2.24) is 14.9 Å². The molecular weight excluding hydrogens is 234 g/mol. The van der Waals surface area contributed by atoms with E-state index in [2.05, 4.69) is 14.9 Å². The fourth-order valence-electron chi connectivity index (χ4n) is 1.22. The van der Waals surface area contributed by atoms with Gasteiger partial charge in [-0.2, -0.15) is 16.9 Å². The van der Waals surface area contributed by atoms with Gasteiger partial charge in [0.2, 0.25) is 10.0 Å². The minimum atomic E-state index is -3.43. The largest absolute Gasteiger partial charge is 0.281 e. The second kappa shape index (κ2) is 5.00. The number of aromatic nitrogens is 2. The van der Waals surface area contributed by atoms with Gasteiger partial charge in [-0.15, -0.1) is 0 Å². The molecule has 0 spiro atoms. The SMILES string of the molecule is CSCC(C)NS(=O)(=O)c1cn[nH]c1C. The Kier molecular flexibility index (Phi) is 4.18. The van der Waals surface area contributed by atoms with Gasteiger partial charge in [0.15, 0.2) is 0 Å². The maximum Gasteiger partial charge on any atom is 0.244 e. The van der Waals surface area contributed by atoms with Crippen molar-refractivity contribution in [2.45, 2.75) is 24.8 Å². The summed E-state index contributed by atoms with van der Waals surface area (Å²) in [7, 11) is -3.43. The Morgan fingerprint density at radius 1 is 1.67 bits per heavy atom. The molecule has 7 heteroatoms. The van der Waals surface area contributed by atoms with Gasteiger partial charge in [0.1, 0.15) is 4.90 Å². The van der Waals surface area contributed by atoms with E-state index in [4.69, 9.17) is 0 Å². The maximum atomic E-state index is 11.8.